The lowest BCUT2D eigenvalue weighted by molar-refractivity contribution is 0.318. The van der Waals surface area contributed by atoms with Crippen LogP contribution in [0.25, 0.3) is 22.4 Å². The van der Waals surface area contributed by atoms with Crippen molar-refractivity contribution in [2.24, 2.45) is 0 Å². The molecule has 0 bridgehead atoms. The molecule has 0 fully saturated rings. The molecule has 4 rings (SSSR count). The zero-order valence-corrected chi connectivity index (χ0v) is 16.6. The number of ether oxygens (including phenoxy) is 1. The number of pyridine rings is 1. The molecule has 3 aromatic heterocycles. The summed E-state index contributed by atoms with van der Waals surface area (Å²) in [6.45, 7) is 5.18. The Morgan fingerprint density at radius 2 is 1.90 bits per heavy atom. The number of benzene rings is 1. The van der Waals surface area contributed by atoms with E-state index < -0.39 is 0 Å². The summed E-state index contributed by atoms with van der Waals surface area (Å²) in [5.74, 6) is 1.19. The number of hydrogen-bond acceptors (Lipinski definition) is 5. The molecule has 0 radical (unpaired) electrons. The molecule has 0 aliphatic carbocycles. The molecule has 7 nitrogen and oxygen atoms in total. The molecule has 148 valence electrons. The molecule has 7 heteroatoms. The number of aromatic amines is 1. The van der Waals surface area contributed by atoms with E-state index in [9.17, 15) is 4.79 Å². The summed E-state index contributed by atoms with van der Waals surface area (Å²) >= 11 is 0. The van der Waals surface area contributed by atoms with E-state index in [1.807, 2.05) is 54.1 Å². The normalized spacial score (nSPS) is 11.1. The van der Waals surface area contributed by atoms with Crippen molar-refractivity contribution >= 4 is 11.0 Å². The van der Waals surface area contributed by atoms with E-state index in [-0.39, 0.29) is 5.56 Å². The van der Waals surface area contributed by atoms with Crippen LogP contribution in [0.3, 0.4) is 0 Å². The van der Waals surface area contributed by atoms with E-state index in [0.29, 0.717) is 42.2 Å². The van der Waals surface area contributed by atoms with Gasteiger partial charge in [-0.25, -0.2) is 4.98 Å². The van der Waals surface area contributed by atoms with E-state index in [0.717, 1.165) is 23.4 Å². The Hall–Kier alpha value is -3.48. The van der Waals surface area contributed by atoms with Crippen molar-refractivity contribution in [3.05, 3.63) is 70.4 Å². The van der Waals surface area contributed by atoms with Crippen molar-refractivity contribution in [1.82, 2.24) is 24.7 Å². The molecule has 4 aromatic rings. The third kappa shape index (κ3) is 3.76. The van der Waals surface area contributed by atoms with Crippen molar-refractivity contribution in [2.75, 3.05) is 6.61 Å². The van der Waals surface area contributed by atoms with Gasteiger partial charge in [0.2, 0.25) is 0 Å². The Balaban J connectivity index is 1.82. The van der Waals surface area contributed by atoms with Crippen LogP contribution in [-0.2, 0) is 13.0 Å². The highest BCUT2D eigenvalue weighted by molar-refractivity contribution is 5.79. The van der Waals surface area contributed by atoms with E-state index in [1.165, 1.54) is 0 Å². The minimum absolute atomic E-state index is 0.259. The predicted molar refractivity (Wildman–Crippen MR) is 112 cm³/mol. The highest BCUT2D eigenvalue weighted by Crippen LogP contribution is 2.28. The van der Waals surface area contributed by atoms with E-state index >= 15 is 0 Å². The average Bonchev–Trinajstić information content (AvgIpc) is 3.10. The van der Waals surface area contributed by atoms with Crippen molar-refractivity contribution in [3.8, 4) is 17.1 Å². The summed E-state index contributed by atoms with van der Waals surface area (Å²) in [4.78, 5) is 24.8. The summed E-state index contributed by atoms with van der Waals surface area (Å²) in [5.41, 5.74) is 3.25. The first-order valence-electron chi connectivity index (χ1n) is 9.83. The molecule has 0 amide bonds. The molecule has 1 aromatic carbocycles. The lowest BCUT2D eigenvalue weighted by Gasteiger charge is -2.10. The van der Waals surface area contributed by atoms with Crippen LogP contribution >= 0.6 is 0 Å². The number of aromatic nitrogens is 5. The first kappa shape index (κ1) is 18.9. The highest BCUT2D eigenvalue weighted by atomic mass is 16.5. The zero-order valence-electron chi connectivity index (χ0n) is 16.6. The van der Waals surface area contributed by atoms with E-state index in [1.54, 1.807) is 6.20 Å². The fourth-order valence-corrected chi connectivity index (χ4v) is 3.32. The monoisotopic (exact) mass is 389 g/mol. The fraction of sp³-hybridized carbons (Fsp3) is 0.273. The predicted octanol–water partition coefficient (Wildman–Crippen LogP) is 3.58. The van der Waals surface area contributed by atoms with Gasteiger partial charge >= 0.3 is 0 Å². The second-order valence-corrected chi connectivity index (χ2v) is 6.74. The molecule has 0 spiro atoms. The largest absolute Gasteiger partial charge is 0.493 e. The SMILES string of the molecule is CCCOc1ccccc1-c1nc2c(CC)n(Cc3ccccn3)nc2c(=O)[nH]1. The van der Waals surface area contributed by atoms with Crippen LogP contribution in [0.5, 0.6) is 5.75 Å². The molecule has 0 aliphatic heterocycles. The van der Waals surface area contributed by atoms with Gasteiger partial charge in [0.1, 0.15) is 17.1 Å². The van der Waals surface area contributed by atoms with Crippen molar-refractivity contribution in [2.45, 2.75) is 33.2 Å². The lowest BCUT2D eigenvalue weighted by Crippen LogP contribution is -2.10. The van der Waals surface area contributed by atoms with Gasteiger partial charge in [-0.05, 0) is 37.1 Å². The van der Waals surface area contributed by atoms with Gasteiger partial charge in [-0.3, -0.25) is 14.5 Å². The van der Waals surface area contributed by atoms with Gasteiger partial charge in [0, 0.05) is 6.20 Å². The van der Waals surface area contributed by atoms with Gasteiger partial charge in [-0.2, -0.15) is 5.10 Å². The quantitative estimate of drug-likeness (QED) is 0.522. The van der Waals surface area contributed by atoms with Gasteiger partial charge < -0.3 is 9.72 Å². The number of para-hydroxylation sites is 1. The van der Waals surface area contributed by atoms with Crippen LogP contribution in [0.2, 0.25) is 0 Å². The Morgan fingerprint density at radius 1 is 1.07 bits per heavy atom. The standard InChI is InChI=1S/C22H23N5O2/c1-3-13-29-18-11-6-5-10-16(18)21-24-19-17(4-2)27(26-20(19)22(28)25-21)14-15-9-7-8-12-23-15/h5-12H,3-4,13-14H2,1-2H3,(H,24,25,28). The molecule has 3 heterocycles. The minimum atomic E-state index is -0.259. The molecule has 1 N–H and O–H groups in total. The second-order valence-electron chi connectivity index (χ2n) is 6.74. The molecule has 0 aliphatic rings. The number of nitrogens with zero attached hydrogens (tertiary/aromatic N) is 4. The van der Waals surface area contributed by atoms with Crippen LogP contribution < -0.4 is 10.3 Å². The molecule has 29 heavy (non-hydrogen) atoms. The Bertz CT molecular complexity index is 1180. The molecular weight excluding hydrogens is 366 g/mol. The molecule has 0 atom stereocenters. The van der Waals surface area contributed by atoms with Crippen molar-refractivity contribution in [1.29, 1.82) is 0 Å². The second kappa shape index (κ2) is 8.26. The van der Waals surface area contributed by atoms with Crippen LogP contribution in [0.4, 0.5) is 0 Å². The summed E-state index contributed by atoms with van der Waals surface area (Å²) in [6, 6.07) is 13.4. The molecule has 0 saturated heterocycles. The zero-order chi connectivity index (χ0) is 20.2. The van der Waals surface area contributed by atoms with Crippen LogP contribution in [0, 0.1) is 0 Å². The fourth-order valence-electron chi connectivity index (χ4n) is 3.32. The summed E-state index contributed by atoms with van der Waals surface area (Å²) < 4.78 is 7.66. The van der Waals surface area contributed by atoms with Crippen molar-refractivity contribution < 1.29 is 4.74 Å². The lowest BCUT2D eigenvalue weighted by atomic mass is 10.1. The van der Waals surface area contributed by atoms with Gasteiger partial charge in [-0.15, -0.1) is 0 Å². The molecule has 0 unspecified atom stereocenters. The number of rotatable bonds is 7. The minimum Gasteiger partial charge on any atom is -0.493 e. The highest BCUT2D eigenvalue weighted by Gasteiger charge is 2.18. The van der Waals surface area contributed by atoms with Gasteiger partial charge in [-0.1, -0.05) is 32.0 Å². The average molecular weight is 389 g/mol. The number of aryl methyl sites for hydroxylation is 1. The van der Waals surface area contributed by atoms with E-state index in [4.69, 9.17) is 9.72 Å². The van der Waals surface area contributed by atoms with Gasteiger partial charge in [0.15, 0.2) is 5.52 Å². The summed E-state index contributed by atoms with van der Waals surface area (Å²) in [6.07, 6.45) is 3.35. The number of nitrogens with one attached hydrogen (secondary N) is 1. The first-order valence-corrected chi connectivity index (χ1v) is 9.83. The van der Waals surface area contributed by atoms with E-state index in [2.05, 4.69) is 22.0 Å². The topological polar surface area (TPSA) is 85.7 Å². The maximum absolute atomic E-state index is 12.8. The van der Waals surface area contributed by atoms with Crippen LogP contribution in [-0.4, -0.2) is 31.3 Å². The van der Waals surface area contributed by atoms with Crippen molar-refractivity contribution in [3.63, 3.8) is 0 Å². The van der Waals surface area contributed by atoms with Crippen LogP contribution in [0.1, 0.15) is 31.7 Å². The smallest absolute Gasteiger partial charge is 0.279 e. The third-order valence-corrected chi connectivity index (χ3v) is 4.68. The Morgan fingerprint density at radius 3 is 2.66 bits per heavy atom. The number of hydrogen-bond donors (Lipinski definition) is 1. The molecular formula is C22H23N5O2. The Kier molecular flexibility index (Phi) is 5.37. The molecule has 0 saturated carbocycles. The summed E-state index contributed by atoms with van der Waals surface area (Å²) in [7, 11) is 0. The van der Waals surface area contributed by atoms with Gasteiger partial charge in [0.25, 0.3) is 5.56 Å². The number of fused-ring (bicyclic) bond motifs is 1. The van der Waals surface area contributed by atoms with Gasteiger partial charge in [0.05, 0.1) is 30.1 Å². The van der Waals surface area contributed by atoms with Crippen LogP contribution in [0.15, 0.2) is 53.5 Å². The maximum Gasteiger partial charge on any atom is 0.279 e. The summed E-state index contributed by atoms with van der Waals surface area (Å²) in [5, 5.41) is 4.52. The Labute approximate surface area is 168 Å². The number of H-pyrrole nitrogens is 1. The third-order valence-electron chi connectivity index (χ3n) is 4.68. The maximum atomic E-state index is 12.8. The first-order chi connectivity index (χ1) is 14.2.